The van der Waals surface area contributed by atoms with Gasteiger partial charge in [-0.1, -0.05) is 35.5 Å². The number of likely N-dealkylation sites (tertiary alicyclic amines) is 1. The van der Waals surface area contributed by atoms with Gasteiger partial charge in [0, 0.05) is 24.6 Å². The van der Waals surface area contributed by atoms with Crippen LogP contribution >= 0.6 is 0 Å². The maximum atomic E-state index is 12.2. The van der Waals surface area contributed by atoms with Crippen molar-refractivity contribution < 1.29 is 14.1 Å². The summed E-state index contributed by atoms with van der Waals surface area (Å²) in [5.74, 6) is 0.303. The molecule has 0 N–H and O–H groups in total. The first-order valence-electron chi connectivity index (χ1n) is 8.41. The molecule has 1 aliphatic heterocycles. The van der Waals surface area contributed by atoms with E-state index >= 15 is 0 Å². The molecule has 5 nitrogen and oxygen atoms in total. The van der Waals surface area contributed by atoms with E-state index in [-0.39, 0.29) is 6.09 Å². The third kappa shape index (κ3) is 3.78. The number of carbonyl (C=O) groups is 1. The number of aromatic nitrogens is 1. The lowest BCUT2D eigenvalue weighted by Crippen LogP contribution is -2.41. The molecule has 1 aromatic heterocycles. The third-order valence-corrected chi connectivity index (χ3v) is 4.22. The minimum Gasteiger partial charge on any atom is -0.444 e. The van der Waals surface area contributed by atoms with Gasteiger partial charge in [0.1, 0.15) is 11.9 Å². The molecule has 0 saturated carbocycles. The Labute approximate surface area is 142 Å². The zero-order valence-corrected chi connectivity index (χ0v) is 14.5. The molecule has 0 radical (unpaired) electrons. The van der Waals surface area contributed by atoms with E-state index in [2.05, 4.69) is 17.3 Å². The van der Waals surface area contributed by atoms with Crippen molar-refractivity contribution in [1.82, 2.24) is 10.1 Å². The molecule has 3 rings (SSSR count). The second-order valence-corrected chi connectivity index (χ2v) is 7.22. The predicted molar refractivity (Wildman–Crippen MR) is 91.7 cm³/mol. The Kier molecular flexibility index (Phi) is 4.60. The van der Waals surface area contributed by atoms with Gasteiger partial charge in [-0.25, -0.2) is 4.79 Å². The Balaban J connectivity index is 1.66. The molecule has 0 atom stereocenters. The van der Waals surface area contributed by atoms with Crippen LogP contribution in [0.1, 0.15) is 45.2 Å². The number of amides is 1. The molecule has 0 unspecified atom stereocenters. The highest BCUT2D eigenvalue weighted by Crippen LogP contribution is 2.34. The Morgan fingerprint density at radius 2 is 1.88 bits per heavy atom. The van der Waals surface area contributed by atoms with Crippen LogP contribution in [0, 0.1) is 0 Å². The zero-order chi connectivity index (χ0) is 17.2. The molecule has 0 spiro atoms. The van der Waals surface area contributed by atoms with Gasteiger partial charge in [0.25, 0.3) is 0 Å². The van der Waals surface area contributed by atoms with Crippen LogP contribution < -0.4 is 0 Å². The lowest BCUT2D eigenvalue weighted by Gasteiger charge is -2.33. The van der Waals surface area contributed by atoms with Gasteiger partial charge in [-0.3, -0.25) is 0 Å². The van der Waals surface area contributed by atoms with Crippen molar-refractivity contribution in [3.8, 4) is 11.1 Å². The van der Waals surface area contributed by atoms with Crippen LogP contribution in [0.5, 0.6) is 0 Å². The third-order valence-electron chi connectivity index (χ3n) is 4.22. The number of rotatable bonds is 2. The summed E-state index contributed by atoms with van der Waals surface area (Å²) in [4.78, 5) is 13.9. The molecule has 1 aliphatic rings. The van der Waals surface area contributed by atoms with Crippen LogP contribution in [-0.4, -0.2) is 34.8 Å². The number of nitrogens with zero attached hydrogens (tertiary/aromatic N) is 2. The van der Waals surface area contributed by atoms with Crippen LogP contribution in [0.3, 0.4) is 0 Å². The summed E-state index contributed by atoms with van der Waals surface area (Å²) in [7, 11) is 0. The summed E-state index contributed by atoms with van der Waals surface area (Å²) in [5.41, 5.74) is 2.69. The SMILES string of the molecule is CC(C)(C)OC(=O)N1CCC(c2nocc2-c2ccccc2)CC1. The number of benzene rings is 1. The second kappa shape index (κ2) is 6.67. The molecule has 2 aromatic rings. The fraction of sp³-hybridized carbons (Fsp3) is 0.474. The topological polar surface area (TPSA) is 55.6 Å². The summed E-state index contributed by atoms with van der Waals surface area (Å²) in [6, 6.07) is 10.1. The van der Waals surface area contributed by atoms with Gasteiger partial charge < -0.3 is 14.2 Å². The van der Waals surface area contributed by atoms with E-state index in [9.17, 15) is 4.79 Å². The van der Waals surface area contributed by atoms with Gasteiger partial charge in [0.05, 0.1) is 5.69 Å². The van der Waals surface area contributed by atoms with Gasteiger partial charge in [-0.2, -0.15) is 0 Å². The molecule has 0 aliphatic carbocycles. The summed E-state index contributed by atoms with van der Waals surface area (Å²) < 4.78 is 10.7. The Morgan fingerprint density at radius 3 is 2.50 bits per heavy atom. The molecule has 0 bridgehead atoms. The van der Waals surface area contributed by atoms with E-state index in [4.69, 9.17) is 9.26 Å². The molecule has 1 aromatic carbocycles. The zero-order valence-electron chi connectivity index (χ0n) is 14.5. The van der Waals surface area contributed by atoms with Crippen molar-refractivity contribution in [2.24, 2.45) is 0 Å². The van der Waals surface area contributed by atoms with Crippen molar-refractivity contribution in [2.45, 2.75) is 45.1 Å². The summed E-state index contributed by atoms with van der Waals surface area (Å²) >= 11 is 0. The van der Waals surface area contributed by atoms with Crippen molar-refractivity contribution in [3.63, 3.8) is 0 Å². The highest BCUT2D eigenvalue weighted by Gasteiger charge is 2.30. The number of ether oxygens (including phenoxy) is 1. The van der Waals surface area contributed by atoms with Gasteiger partial charge in [-0.05, 0) is 39.2 Å². The van der Waals surface area contributed by atoms with E-state index in [1.54, 1.807) is 11.2 Å². The Bertz CT molecular complexity index is 680. The molecular formula is C19H24N2O3. The average Bonchev–Trinajstić information content (AvgIpc) is 3.04. The number of carbonyl (C=O) groups excluding carboxylic acids is 1. The first-order chi connectivity index (χ1) is 11.4. The lowest BCUT2D eigenvalue weighted by molar-refractivity contribution is 0.0203. The standard InChI is InChI=1S/C19H24N2O3/c1-19(2,3)24-18(22)21-11-9-15(10-12-21)17-16(13-23-20-17)14-7-5-4-6-8-14/h4-8,13,15H,9-12H2,1-3H3. The Hall–Kier alpha value is -2.30. The van der Waals surface area contributed by atoms with E-state index in [1.807, 2.05) is 39.0 Å². The maximum absolute atomic E-state index is 12.2. The van der Waals surface area contributed by atoms with Crippen LogP contribution in [0.15, 0.2) is 41.1 Å². The van der Waals surface area contributed by atoms with Gasteiger partial charge in [-0.15, -0.1) is 0 Å². The first kappa shape index (κ1) is 16.6. The number of piperidine rings is 1. The van der Waals surface area contributed by atoms with Crippen molar-refractivity contribution in [3.05, 3.63) is 42.3 Å². The smallest absolute Gasteiger partial charge is 0.410 e. The molecule has 5 heteroatoms. The quantitative estimate of drug-likeness (QED) is 0.817. The van der Waals surface area contributed by atoms with Crippen molar-refractivity contribution in [1.29, 1.82) is 0 Å². The Morgan fingerprint density at radius 1 is 1.21 bits per heavy atom. The minimum absolute atomic E-state index is 0.232. The average molecular weight is 328 g/mol. The highest BCUT2D eigenvalue weighted by molar-refractivity contribution is 5.68. The lowest BCUT2D eigenvalue weighted by atomic mass is 9.90. The van der Waals surface area contributed by atoms with Gasteiger partial charge >= 0.3 is 6.09 Å². The number of hydrogen-bond donors (Lipinski definition) is 0. The summed E-state index contributed by atoms with van der Waals surface area (Å²) in [6.07, 6.45) is 3.21. The number of hydrogen-bond acceptors (Lipinski definition) is 4. The summed E-state index contributed by atoms with van der Waals surface area (Å²) in [5, 5.41) is 4.24. The van der Waals surface area contributed by atoms with Crippen molar-refractivity contribution in [2.75, 3.05) is 13.1 Å². The molecule has 24 heavy (non-hydrogen) atoms. The molecule has 1 amide bonds. The monoisotopic (exact) mass is 328 g/mol. The van der Waals surface area contributed by atoms with Crippen LogP contribution in [-0.2, 0) is 4.74 Å². The molecule has 128 valence electrons. The molecular weight excluding hydrogens is 304 g/mol. The fourth-order valence-corrected chi connectivity index (χ4v) is 3.04. The molecule has 2 heterocycles. The second-order valence-electron chi connectivity index (χ2n) is 7.22. The normalized spacial score (nSPS) is 16.2. The van der Waals surface area contributed by atoms with Crippen LogP contribution in [0.2, 0.25) is 0 Å². The summed E-state index contributed by atoms with van der Waals surface area (Å²) in [6.45, 7) is 7.03. The van der Waals surface area contributed by atoms with E-state index in [0.29, 0.717) is 19.0 Å². The van der Waals surface area contributed by atoms with E-state index in [0.717, 1.165) is 29.7 Å². The maximum Gasteiger partial charge on any atom is 0.410 e. The minimum atomic E-state index is -0.458. The van der Waals surface area contributed by atoms with Gasteiger partial charge in [0.2, 0.25) is 0 Å². The molecule has 1 saturated heterocycles. The van der Waals surface area contributed by atoms with Crippen molar-refractivity contribution >= 4 is 6.09 Å². The highest BCUT2D eigenvalue weighted by atomic mass is 16.6. The van der Waals surface area contributed by atoms with E-state index in [1.165, 1.54) is 0 Å². The van der Waals surface area contributed by atoms with E-state index < -0.39 is 5.60 Å². The largest absolute Gasteiger partial charge is 0.444 e. The fourth-order valence-electron chi connectivity index (χ4n) is 3.04. The van der Waals surface area contributed by atoms with Gasteiger partial charge in [0.15, 0.2) is 0 Å². The first-order valence-corrected chi connectivity index (χ1v) is 8.41. The molecule has 1 fully saturated rings. The van der Waals surface area contributed by atoms with Crippen LogP contribution in [0.25, 0.3) is 11.1 Å². The van der Waals surface area contributed by atoms with Crippen LogP contribution in [0.4, 0.5) is 4.79 Å². The predicted octanol–water partition coefficient (Wildman–Crippen LogP) is 4.46.